The Hall–Kier alpha value is -4.32. The van der Waals surface area contributed by atoms with E-state index in [4.69, 9.17) is 33.2 Å². The van der Waals surface area contributed by atoms with Crippen molar-refractivity contribution in [3.8, 4) is 0 Å². The van der Waals surface area contributed by atoms with Crippen molar-refractivity contribution in [3.63, 3.8) is 0 Å². The highest BCUT2D eigenvalue weighted by Crippen LogP contribution is 2.38. The highest BCUT2D eigenvalue weighted by Gasteiger charge is 2.53. The van der Waals surface area contributed by atoms with E-state index in [1.165, 1.54) is 69.8 Å². The fourth-order valence-corrected chi connectivity index (χ4v) is 12.9. The maximum Gasteiger partial charge on any atom is 0.508 e. The Morgan fingerprint density at radius 1 is 0.779 bits per heavy atom. The lowest BCUT2D eigenvalue weighted by molar-refractivity contribution is -0.265. The smallest absolute Gasteiger partial charge is 0.460 e. The van der Waals surface area contributed by atoms with Crippen molar-refractivity contribution in [2.45, 2.75) is 277 Å². The van der Waals surface area contributed by atoms with Crippen LogP contribution >= 0.6 is 0 Å². The normalized spacial score (nSPS) is 31.5. The van der Waals surface area contributed by atoms with Gasteiger partial charge in [-0.3, -0.25) is 19.2 Å². The molecule has 1 aliphatic carbocycles. The molecule has 1 amide bonds. The Morgan fingerprint density at radius 2 is 1.45 bits per heavy atom. The molecule has 0 spiro atoms. The Balaban J connectivity index is 1.47. The second kappa shape index (κ2) is 39.6. The topological polar surface area (TPSA) is 211 Å². The molecule has 0 aromatic heterocycles. The monoisotopic (exact) mass is 1210 g/mol. The van der Waals surface area contributed by atoms with Crippen molar-refractivity contribution < 1.29 is 72.1 Å². The zero-order chi connectivity index (χ0) is 63.2. The summed E-state index contributed by atoms with van der Waals surface area (Å²) in [6.45, 7) is 15.3. The summed E-state index contributed by atoms with van der Waals surface area (Å²) >= 11 is 0. The van der Waals surface area contributed by atoms with Gasteiger partial charge in [-0.15, -0.1) is 0 Å². The number of carbonyl (C=O) groups is 6. The molecule has 488 valence electrons. The average molecular weight is 1210 g/mol. The molecule has 2 bridgehead atoms. The number of hydrogen-bond donors (Lipinski definition) is 2. The summed E-state index contributed by atoms with van der Waals surface area (Å²) in [6, 6.07) is -1.18. The van der Waals surface area contributed by atoms with Crippen LogP contribution < -0.4 is 0 Å². The van der Waals surface area contributed by atoms with Gasteiger partial charge in [0.1, 0.15) is 24.4 Å². The number of Topliss-reactive ketones (excluding diaryl/α,β-unsaturated/α-hetero) is 3. The summed E-state index contributed by atoms with van der Waals surface area (Å²) in [4.78, 5) is 85.9. The van der Waals surface area contributed by atoms with Gasteiger partial charge in [0, 0.05) is 58.5 Å². The van der Waals surface area contributed by atoms with Gasteiger partial charge in [-0.25, -0.2) is 9.59 Å². The number of aliphatic hydroxyl groups excluding tert-OH is 1. The van der Waals surface area contributed by atoms with E-state index in [-0.39, 0.29) is 49.4 Å². The Morgan fingerprint density at radius 3 is 2.12 bits per heavy atom. The summed E-state index contributed by atoms with van der Waals surface area (Å²) in [5.41, 5.74) is 1.17. The average Bonchev–Trinajstić information content (AvgIpc) is 1.46. The number of esters is 1. The molecule has 0 radical (unpaired) electrons. The molecule has 3 aliphatic heterocycles. The number of unbranched alkanes of at least 4 members (excludes halogenated alkanes) is 12. The summed E-state index contributed by atoms with van der Waals surface area (Å²) in [6.07, 6.45) is 31.3. The summed E-state index contributed by atoms with van der Waals surface area (Å²) in [7, 11) is 4.55. The molecule has 16 heteroatoms. The van der Waals surface area contributed by atoms with Crippen molar-refractivity contribution >= 4 is 35.4 Å². The molecule has 86 heavy (non-hydrogen) atoms. The van der Waals surface area contributed by atoms with E-state index in [0.717, 1.165) is 37.7 Å². The minimum atomic E-state index is -2.46. The molecule has 2 saturated heterocycles. The van der Waals surface area contributed by atoms with Crippen LogP contribution in [0, 0.1) is 35.5 Å². The van der Waals surface area contributed by atoms with Gasteiger partial charge in [0.15, 0.2) is 11.6 Å². The van der Waals surface area contributed by atoms with Gasteiger partial charge >= 0.3 is 12.1 Å². The van der Waals surface area contributed by atoms with E-state index in [1.54, 1.807) is 41.1 Å². The second-order valence-corrected chi connectivity index (χ2v) is 25.7. The number of piperidine rings is 1. The van der Waals surface area contributed by atoms with Crippen LogP contribution in [-0.4, -0.2) is 140 Å². The van der Waals surface area contributed by atoms with Crippen molar-refractivity contribution in [1.29, 1.82) is 0 Å². The number of ether oxygens (including phenoxy) is 7. The quantitative estimate of drug-likeness (QED) is 0.0422. The van der Waals surface area contributed by atoms with Crippen LogP contribution in [0.5, 0.6) is 0 Å². The fraction of sp³-hybridized carbons (Fsp3) is 0.771. The highest BCUT2D eigenvalue weighted by atomic mass is 16.7. The van der Waals surface area contributed by atoms with Crippen LogP contribution in [-0.2, 0) is 57.1 Å². The first kappa shape index (κ1) is 74.1. The molecule has 1 unspecified atom stereocenters. The summed E-state index contributed by atoms with van der Waals surface area (Å²) in [5.74, 6) is -8.28. The van der Waals surface area contributed by atoms with E-state index in [2.05, 4.69) is 19.1 Å². The number of allylic oxidation sites excluding steroid dienone is 8. The Kier molecular flexibility index (Phi) is 34.2. The molecule has 4 aliphatic rings. The van der Waals surface area contributed by atoms with Gasteiger partial charge < -0.3 is 48.3 Å². The fourth-order valence-electron chi connectivity index (χ4n) is 12.9. The lowest BCUT2D eigenvalue weighted by atomic mass is 9.78. The summed E-state index contributed by atoms with van der Waals surface area (Å²) in [5, 5.41) is 23.7. The predicted molar refractivity (Wildman–Crippen MR) is 335 cm³/mol. The lowest BCUT2D eigenvalue weighted by Crippen LogP contribution is -2.61. The number of amides is 1. The zero-order valence-corrected chi connectivity index (χ0v) is 54.6. The molecule has 0 aromatic carbocycles. The molecule has 4 rings (SSSR count). The molecule has 16 nitrogen and oxygen atoms in total. The first-order chi connectivity index (χ1) is 41.2. The number of rotatable bonds is 23. The maximum atomic E-state index is 14.7. The number of fused-ring (bicyclic) bond motifs is 3. The van der Waals surface area contributed by atoms with Crippen molar-refractivity contribution in [1.82, 2.24) is 4.90 Å². The van der Waals surface area contributed by atoms with Crippen molar-refractivity contribution in [2.24, 2.45) is 35.5 Å². The zero-order valence-electron chi connectivity index (χ0n) is 54.6. The SMILES string of the molecule is CCCCCCCCC=CCCCCCCCCOC(=O)O[C@@H]1CC[C@@H](C[C@@H](C)[C@@H]2CC(=O)C(C)=CC(C)[C@@H](O)[C@@H](OC)C(=O)[C@H](C)C[C@H](C)C=CC=CC=C(C)[C@@H](OC)C[C@@H]3CC[C@@H](C)[C@@](O)(O3)C(=O)C(=O)N3CCCC[C@H]3C(=O)O2)C[C@H]1OC. The molecule has 0 aromatic rings. The number of methoxy groups -OCH3 is 3. The minimum Gasteiger partial charge on any atom is -0.460 e. The van der Waals surface area contributed by atoms with Crippen LogP contribution in [0.3, 0.4) is 0 Å². The molecule has 15 atom stereocenters. The van der Waals surface area contributed by atoms with Crippen LogP contribution in [0.15, 0.2) is 59.8 Å². The Labute approximate surface area is 517 Å². The third kappa shape index (κ3) is 24.2. The van der Waals surface area contributed by atoms with E-state index in [0.29, 0.717) is 69.8 Å². The summed E-state index contributed by atoms with van der Waals surface area (Å²) < 4.78 is 41.3. The third-order valence-electron chi connectivity index (χ3n) is 18.6. The van der Waals surface area contributed by atoms with Crippen LogP contribution in [0.1, 0.15) is 222 Å². The van der Waals surface area contributed by atoms with Gasteiger partial charge in [0.2, 0.25) is 5.79 Å². The molecular weight excluding hydrogens is 1090 g/mol. The molecule has 1 saturated carbocycles. The van der Waals surface area contributed by atoms with Gasteiger partial charge in [-0.1, -0.05) is 148 Å². The molecule has 3 fully saturated rings. The van der Waals surface area contributed by atoms with Gasteiger partial charge in [-0.05, 0) is 139 Å². The van der Waals surface area contributed by atoms with E-state index < -0.39 is 102 Å². The number of ketones is 3. The van der Waals surface area contributed by atoms with Gasteiger partial charge in [-0.2, -0.15) is 0 Å². The third-order valence-corrected chi connectivity index (χ3v) is 18.6. The van der Waals surface area contributed by atoms with E-state index >= 15 is 0 Å². The largest absolute Gasteiger partial charge is 0.508 e. The van der Waals surface area contributed by atoms with Gasteiger partial charge in [0.25, 0.3) is 11.7 Å². The van der Waals surface area contributed by atoms with Crippen molar-refractivity contribution in [2.75, 3.05) is 34.5 Å². The van der Waals surface area contributed by atoms with Crippen LogP contribution in [0.4, 0.5) is 4.79 Å². The molecule has 2 N–H and O–H groups in total. The molecule has 3 heterocycles. The predicted octanol–water partition coefficient (Wildman–Crippen LogP) is 13.4. The standard InChI is InChI=1S/C70H113NO15/c1-12-13-14-15-16-17-18-19-20-21-22-23-24-25-26-32-41-83-69(78)85-59-39-37-55(45-62(59)81-10)44-51(5)61-47-58(72)50(4)43-53(7)64(74)65(82-11)63(73)52(6)42-48(2)33-28-27-29-34-49(3)60(80-9)46-56-38-36-54(8)70(79,86-56)66(75)67(76)71-40-31-30-35-57(71)68(77)84-61/h19-20,27-29,33-34,43,48,51-57,59-62,64-65,74,79H,12-18,21-26,30-32,35-42,44-47H2,1-11H3/t48-,51-,52-,53?,54-,55+,56+,57+,59-,60+,61+,62-,64-,65+,70-/m1/s1. The first-order valence-electron chi connectivity index (χ1n) is 33.2. The van der Waals surface area contributed by atoms with E-state index in [1.807, 2.05) is 58.1 Å². The van der Waals surface area contributed by atoms with E-state index in [9.17, 15) is 39.0 Å². The number of aliphatic hydroxyl groups is 2. The first-order valence-corrected chi connectivity index (χ1v) is 33.2. The molecular formula is C70H113NO15. The van der Waals surface area contributed by atoms with Crippen LogP contribution in [0.2, 0.25) is 0 Å². The van der Waals surface area contributed by atoms with Crippen molar-refractivity contribution in [3.05, 3.63) is 59.8 Å². The van der Waals surface area contributed by atoms with Crippen LogP contribution in [0.25, 0.3) is 0 Å². The lowest BCUT2D eigenvalue weighted by Gasteiger charge is -2.42. The maximum absolute atomic E-state index is 14.7. The number of hydrogen-bond acceptors (Lipinski definition) is 15. The number of nitrogens with zero attached hydrogens (tertiary/aromatic N) is 1. The number of cyclic esters (lactones) is 1. The highest BCUT2D eigenvalue weighted by molar-refractivity contribution is 6.39. The second-order valence-electron chi connectivity index (χ2n) is 25.7. The Bertz CT molecular complexity index is 2240. The van der Waals surface area contributed by atoms with Gasteiger partial charge in [0.05, 0.1) is 31.0 Å². The number of carbonyl (C=O) groups excluding carboxylic acids is 6. The minimum absolute atomic E-state index is 0.00539.